The number of carbonyl (C=O) groups excluding carboxylic acids is 1. The lowest BCUT2D eigenvalue weighted by atomic mass is 9.95. The average Bonchev–Trinajstić information content (AvgIpc) is 3.09. The lowest BCUT2D eigenvalue weighted by Gasteiger charge is -2.29. The minimum absolute atomic E-state index is 0.0727. The molecule has 3 N–H and O–H groups in total. The van der Waals surface area contributed by atoms with E-state index in [1.807, 2.05) is 12.1 Å². The van der Waals surface area contributed by atoms with E-state index in [2.05, 4.69) is 15.2 Å². The summed E-state index contributed by atoms with van der Waals surface area (Å²) in [4.78, 5) is 19.2. The number of nitrogens with one attached hydrogen (secondary N) is 1. The van der Waals surface area contributed by atoms with Gasteiger partial charge >= 0.3 is 0 Å². The van der Waals surface area contributed by atoms with Crippen molar-refractivity contribution in [1.82, 2.24) is 10.3 Å². The van der Waals surface area contributed by atoms with Crippen LogP contribution in [-0.4, -0.2) is 43.7 Å². The summed E-state index contributed by atoms with van der Waals surface area (Å²) in [6.07, 6.45) is 4.93. The second-order valence-electron chi connectivity index (χ2n) is 6.34. The predicted molar refractivity (Wildman–Crippen MR) is 89.0 cm³/mol. The maximum absolute atomic E-state index is 12.5. The molecular weight excluding hydrogens is 292 g/mol. The number of rotatable bonds is 5. The zero-order chi connectivity index (χ0) is 16.1. The fourth-order valence-corrected chi connectivity index (χ4v) is 3.61. The molecule has 6 heteroatoms. The summed E-state index contributed by atoms with van der Waals surface area (Å²) >= 11 is 0. The average molecular weight is 318 g/mol. The Morgan fingerprint density at radius 2 is 2.22 bits per heavy atom. The maximum Gasteiger partial charge on any atom is 0.223 e. The first-order chi connectivity index (χ1) is 11.3. The van der Waals surface area contributed by atoms with Gasteiger partial charge in [-0.05, 0) is 31.4 Å². The summed E-state index contributed by atoms with van der Waals surface area (Å²) in [7, 11) is 0. The number of anilines is 1. The third kappa shape index (κ3) is 3.82. The lowest BCUT2D eigenvalue weighted by Crippen LogP contribution is -2.38. The minimum Gasteiger partial charge on any atom is -0.378 e. The molecule has 1 amide bonds. The molecule has 3 rings (SSSR count). The molecule has 6 nitrogen and oxygen atoms in total. The molecule has 2 heterocycles. The smallest absolute Gasteiger partial charge is 0.223 e. The molecule has 0 spiro atoms. The third-order valence-electron chi connectivity index (χ3n) is 4.93. The number of nitrogens with two attached hydrogens (primary N) is 1. The van der Waals surface area contributed by atoms with Crippen LogP contribution in [0.4, 0.5) is 5.82 Å². The largest absolute Gasteiger partial charge is 0.378 e. The Kier molecular flexibility index (Phi) is 5.46. The van der Waals surface area contributed by atoms with E-state index in [-0.39, 0.29) is 11.8 Å². The van der Waals surface area contributed by atoms with Gasteiger partial charge in [0, 0.05) is 37.3 Å². The number of ether oxygens (including phenoxy) is 1. The molecule has 126 valence electrons. The summed E-state index contributed by atoms with van der Waals surface area (Å²) < 4.78 is 5.40. The van der Waals surface area contributed by atoms with Crippen LogP contribution in [0.3, 0.4) is 0 Å². The van der Waals surface area contributed by atoms with Gasteiger partial charge in [0.25, 0.3) is 0 Å². The van der Waals surface area contributed by atoms with E-state index in [4.69, 9.17) is 10.5 Å². The van der Waals surface area contributed by atoms with Crippen LogP contribution in [0.25, 0.3) is 0 Å². The quantitative estimate of drug-likeness (QED) is 0.843. The van der Waals surface area contributed by atoms with Crippen LogP contribution in [0.1, 0.15) is 24.8 Å². The fraction of sp³-hybridized carbons (Fsp3) is 0.647. The molecule has 1 aliphatic carbocycles. The van der Waals surface area contributed by atoms with Crippen molar-refractivity contribution in [3.63, 3.8) is 0 Å². The van der Waals surface area contributed by atoms with Gasteiger partial charge in [0.15, 0.2) is 0 Å². The van der Waals surface area contributed by atoms with Gasteiger partial charge in [0.1, 0.15) is 5.82 Å². The standard InChI is InChI=1S/C17H26N4O2/c18-11-13-3-1-5-15(13)17(22)20-12-14-4-2-6-19-16(14)21-7-9-23-10-8-21/h2,4,6,13,15H,1,3,5,7-12,18H2,(H,20,22)/t13-,15-/m1/s1. The number of aromatic nitrogens is 1. The first-order valence-corrected chi connectivity index (χ1v) is 8.54. The van der Waals surface area contributed by atoms with Crippen molar-refractivity contribution in [3.05, 3.63) is 23.9 Å². The van der Waals surface area contributed by atoms with E-state index < -0.39 is 0 Å². The van der Waals surface area contributed by atoms with Crippen molar-refractivity contribution in [2.75, 3.05) is 37.7 Å². The highest BCUT2D eigenvalue weighted by Gasteiger charge is 2.31. The number of nitrogens with zero attached hydrogens (tertiary/aromatic N) is 2. The van der Waals surface area contributed by atoms with Gasteiger partial charge in [-0.25, -0.2) is 4.98 Å². The summed E-state index contributed by atoms with van der Waals surface area (Å²) in [5, 5.41) is 3.09. The molecule has 0 unspecified atom stereocenters. The number of carbonyl (C=O) groups is 1. The van der Waals surface area contributed by atoms with Crippen LogP contribution in [0.15, 0.2) is 18.3 Å². The summed E-state index contributed by atoms with van der Waals surface area (Å²) in [5.74, 6) is 1.50. The first kappa shape index (κ1) is 16.2. The normalized spacial score (nSPS) is 24.7. The number of hydrogen-bond acceptors (Lipinski definition) is 5. The Balaban J connectivity index is 1.62. The van der Waals surface area contributed by atoms with E-state index in [0.29, 0.717) is 19.0 Å². The van der Waals surface area contributed by atoms with E-state index in [9.17, 15) is 4.79 Å². The van der Waals surface area contributed by atoms with Gasteiger partial charge in [-0.1, -0.05) is 12.5 Å². The SMILES string of the molecule is NC[C@H]1CCC[C@H]1C(=O)NCc1cccnc1N1CCOCC1. The van der Waals surface area contributed by atoms with Gasteiger partial charge in [-0.2, -0.15) is 0 Å². The molecule has 0 bridgehead atoms. The molecule has 2 fully saturated rings. The molecule has 2 atom stereocenters. The van der Waals surface area contributed by atoms with Gasteiger partial charge in [0.2, 0.25) is 5.91 Å². The van der Waals surface area contributed by atoms with Crippen molar-refractivity contribution in [2.24, 2.45) is 17.6 Å². The van der Waals surface area contributed by atoms with Crippen molar-refractivity contribution in [3.8, 4) is 0 Å². The second kappa shape index (κ2) is 7.75. The minimum atomic E-state index is 0.0727. The van der Waals surface area contributed by atoms with E-state index in [1.165, 1.54) is 0 Å². The molecule has 1 saturated carbocycles. The summed E-state index contributed by atoms with van der Waals surface area (Å²) in [6, 6.07) is 3.96. The molecule has 2 aliphatic rings. The topological polar surface area (TPSA) is 80.5 Å². The molecule has 1 aromatic heterocycles. The number of hydrogen-bond donors (Lipinski definition) is 2. The molecule has 0 aromatic carbocycles. The zero-order valence-corrected chi connectivity index (χ0v) is 13.5. The summed E-state index contributed by atoms with van der Waals surface area (Å²) in [5.41, 5.74) is 6.84. The highest BCUT2D eigenvalue weighted by atomic mass is 16.5. The monoisotopic (exact) mass is 318 g/mol. The van der Waals surface area contributed by atoms with Gasteiger partial charge in [0.05, 0.1) is 13.2 Å². The Morgan fingerprint density at radius 1 is 1.39 bits per heavy atom. The van der Waals surface area contributed by atoms with Crippen LogP contribution in [-0.2, 0) is 16.1 Å². The first-order valence-electron chi connectivity index (χ1n) is 8.54. The van der Waals surface area contributed by atoms with E-state index >= 15 is 0 Å². The van der Waals surface area contributed by atoms with Gasteiger partial charge in [-0.15, -0.1) is 0 Å². The molecular formula is C17H26N4O2. The molecule has 23 heavy (non-hydrogen) atoms. The van der Waals surface area contributed by atoms with E-state index in [1.54, 1.807) is 6.20 Å². The van der Waals surface area contributed by atoms with Crippen molar-refractivity contribution < 1.29 is 9.53 Å². The Hall–Kier alpha value is -1.66. The Labute approximate surface area is 137 Å². The molecule has 1 saturated heterocycles. The highest BCUT2D eigenvalue weighted by Crippen LogP contribution is 2.31. The molecule has 1 aromatic rings. The Morgan fingerprint density at radius 3 is 3.00 bits per heavy atom. The predicted octanol–water partition coefficient (Wildman–Crippen LogP) is 0.909. The molecule has 1 aliphatic heterocycles. The number of morpholine rings is 1. The highest BCUT2D eigenvalue weighted by molar-refractivity contribution is 5.79. The number of amides is 1. The maximum atomic E-state index is 12.5. The van der Waals surface area contributed by atoms with Crippen LogP contribution in [0.2, 0.25) is 0 Å². The number of pyridine rings is 1. The zero-order valence-electron chi connectivity index (χ0n) is 13.5. The molecule has 0 radical (unpaired) electrons. The van der Waals surface area contributed by atoms with Crippen LogP contribution < -0.4 is 16.0 Å². The van der Waals surface area contributed by atoms with Gasteiger partial charge in [-0.3, -0.25) is 4.79 Å². The fourth-order valence-electron chi connectivity index (χ4n) is 3.61. The second-order valence-corrected chi connectivity index (χ2v) is 6.34. The lowest BCUT2D eigenvalue weighted by molar-refractivity contribution is -0.126. The van der Waals surface area contributed by atoms with Crippen LogP contribution >= 0.6 is 0 Å². The van der Waals surface area contributed by atoms with Crippen molar-refractivity contribution >= 4 is 11.7 Å². The van der Waals surface area contributed by atoms with E-state index in [0.717, 1.165) is 56.9 Å². The van der Waals surface area contributed by atoms with Crippen LogP contribution in [0, 0.1) is 11.8 Å². The van der Waals surface area contributed by atoms with Crippen molar-refractivity contribution in [2.45, 2.75) is 25.8 Å². The van der Waals surface area contributed by atoms with Crippen molar-refractivity contribution in [1.29, 1.82) is 0 Å². The van der Waals surface area contributed by atoms with Crippen LogP contribution in [0.5, 0.6) is 0 Å². The summed E-state index contributed by atoms with van der Waals surface area (Å²) in [6.45, 7) is 4.26. The Bertz CT molecular complexity index is 531. The third-order valence-corrected chi connectivity index (χ3v) is 4.93. The van der Waals surface area contributed by atoms with Gasteiger partial charge < -0.3 is 20.7 Å².